The van der Waals surface area contributed by atoms with Crippen molar-refractivity contribution in [3.63, 3.8) is 0 Å². The Kier molecular flexibility index (Phi) is 6.52. The molecule has 0 bridgehead atoms. The summed E-state index contributed by atoms with van der Waals surface area (Å²) >= 11 is 0. The van der Waals surface area contributed by atoms with Crippen LogP contribution in [0.1, 0.15) is 13.8 Å². The molecular weight excluding hydrogens is 392 g/mol. The maximum absolute atomic E-state index is 13.4. The molecule has 1 aliphatic rings. The molecule has 29 heavy (non-hydrogen) atoms. The number of benzene rings is 1. The van der Waals surface area contributed by atoms with Gasteiger partial charge in [0.05, 0.1) is 6.61 Å². The lowest BCUT2D eigenvalue weighted by molar-refractivity contribution is 0.0813. The molecule has 0 unspecified atom stereocenters. The number of nitrogens with zero attached hydrogens (tertiary/aromatic N) is 4. The summed E-state index contributed by atoms with van der Waals surface area (Å²) in [7, 11) is 0.0791. The van der Waals surface area contributed by atoms with Gasteiger partial charge in [0.2, 0.25) is 10.0 Å². The number of hydrogen-bond donors (Lipinski definition) is 1. The van der Waals surface area contributed by atoms with Gasteiger partial charge in [-0.3, -0.25) is 0 Å². The van der Waals surface area contributed by atoms with E-state index in [0.29, 0.717) is 12.3 Å². The number of sulfonamides is 1. The molecule has 1 aromatic carbocycles. The first-order valence-corrected chi connectivity index (χ1v) is 11.0. The maximum atomic E-state index is 13.4. The second kappa shape index (κ2) is 8.74. The molecule has 8 nitrogen and oxygen atoms in total. The van der Waals surface area contributed by atoms with Crippen molar-refractivity contribution in [3.05, 3.63) is 36.9 Å². The Hall–Kier alpha value is -2.07. The Morgan fingerprint density at radius 3 is 2.59 bits per heavy atom. The molecule has 0 radical (unpaired) electrons. The molecule has 158 valence electrons. The number of fused-ring (bicyclic) bond motifs is 1. The van der Waals surface area contributed by atoms with Gasteiger partial charge in [0.15, 0.2) is 0 Å². The van der Waals surface area contributed by atoms with E-state index in [1.54, 1.807) is 37.5 Å². The summed E-state index contributed by atoms with van der Waals surface area (Å²) < 4.78 is 34.4. The first-order valence-electron chi connectivity index (χ1n) is 9.57. The van der Waals surface area contributed by atoms with Crippen molar-refractivity contribution in [1.29, 1.82) is 0 Å². The summed E-state index contributed by atoms with van der Waals surface area (Å²) in [5, 5.41) is 9.66. The third kappa shape index (κ3) is 4.58. The van der Waals surface area contributed by atoms with Gasteiger partial charge < -0.3 is 14.7 Å². The van der Waals surface area contributed by atoms with E-state index >= 15 is 0 Å². The predicted octanol–water partition coefficient (Wildman–Crippen LogP) is 1.47. The van der Waals surface area contributed by atoms with Gasteiger partial charge in [0.25, 0.3) is 0 Å². The number of aliphatic hydroxyl groups excluding tert-OH is 1. The molecule has 3 rings (SSSR count). The van der Waals surface area contributed by atoms with Gasteiger partial charge in [-0.05, 0) is 38.7 Å². The number of ether oxygens (including phenoxy) is 1. The van der Waals surface area contributed by atoms with Crippen LogP contribution in [-0.2, 0) is 10.0 Å². The molecule has 0 saturated heterocycles. The highest BCUT2D eigenvalue weighted by Crippen LogP contribution is 2.36. The van der Waals surface area contributed by atoms with Crippen LogP contribution in [0.2, 0.25) is 0 Å². The van der Waals surface area contributed by atoms with Crippen LogP contribution in [0.5, 0.6) is 5.75 Å². The summed E-state index contributed by atoms with van der Waals surface area (Å²) in [5.41, 5.74) is 1.55. The molecule has 1 aromatic heterocycles. The summed E-state index contributed by atoms with van der Waals surface area (Å²) in [5.74, 6) is 0.234. The van der Waals surface area contributed by atoms with Gasteiger partial charge in [0.1, 0.15) is 23.1 Å². The van der Waals surface area contributed by atoms with Crippen molar-refractivity contribution in [2.75, 3.05) is 33.8 Å². The van der Waals surface area contributed by atoms with Gasteiger partial charge >= 0.3 is 0 Å². The smallest absolute Gasteiger partial charge is 0.247 e. The number of aromatic nitrogens is 2. The second-order valence-corrected chi connectivity index (χ2v) is 9.65. The monoisotopic (exact) mass is 420 g/mol. The average molecular weight is 421 g/mol. The maximum Gasteiger partial charge on any atom is 0.247 e. The van der Waals surface area contributed by atoms with Crippen molar-refractivity contribution in [2.24, 2.45) is 5.92 Å². The topological polar surface area (TPSA) is 95.9 Å². The third-order valence-electron chi connectivity index (χ3n) is 5.11. The molecule has 2 heterocycles. The molecule has 9 heteroatoms. The number of rotatable bonds is 5. The fraction of sp³-hybridized carbons (Fsp3) is 0.500. The Morgan fingerprint density at radius 2 is 1.97 bits per heavy atom. The predicted molar refractivity (Wildman–Crippen MR) is 110 cm³/mol. The van der Waals surface area contributed by atoms with Crippen molar-refractivity contribution in [2.45, 2.75) is 30.9 Å². The minimum Gasteiger partial charge on any atom is -0.487 e. The summed E-state index contributed by atoms with van der Waals surface area (Å²) in [6.45, 7) is 4.35. The molecule has 1 aliphatic heterocycles. The fourth-order valence-electron chi connectivity index (χ4n) is 3.43. The third-order valence-corrected chi connectivity index (χ3v) is 7.13. The highest BCUT2D eigenvalue weighted by Gasteiger charge is 2.37. The second-order valence-electron chi connectivity index (χ2n) is 7.79. The standard InChI is InChI=1S/C20H28N4O4S/c1-14-10-24(15(2)12-25)29(26,27)20-6-5-16(17-8-21-13-22-9-17)7-18(20)28-19(14)11-23(3)4/h5-9,13-15,19,25H,10-12H2,1-4H3/t14-,15+,19-/m1/s1. The largest absolute Gasteiger partial charge is 0.487 e. The minimum absolute atomic E-state index is 0.0713. The first-order chi connectivity index (χ1) is 13.7. The number of hydrogen-bond acceptors (Lipinski definition) is 7. The highest BCUT2D eigenvalue weighted by molar-refractivity contribution is 7.89. The Labute approximate surface area is 172 Å². The zero-order chi connectivity index (χ0) is 21.2. The van der Waals surface area contributed by atoms with E-state index in [1.165, 1.54) is 10.6 Å². The molecule has 0 fully saturated rings. The quantitative estimate of drug-likeness (QED) is 0.783. The average Bonchev–Trinajstić information content (AvgIpc) is 2.70. The van der Waals surface area contributed by atoms with Crippen molar-refractivity contribution in [1.82, 2.24) is 19.2 Å². The zero-order valence-electron chi connectivity index (χ0n) is 17.2. The van der Waals surface area contributed by atoms with Gasteiger partial charge in [-0.2, -0.15) is 4.31 Å². The minimum atomic E-state index is -3.83. The Balaban J connectivity index is 2.14. The SMILES string of the molecule is C[C@@H]1CN([C@@H](C)CO)S(=O)(=O)c2ccc(-c3cncnc3)cc2O[C@@H]1CN(C)C. The lowest BCUT2D eigenvalue weighted by atomic mass is 10.0. The molecule has 0 saturated carbocycles. The van der Waals surface area contributed by atoms with E-state index in [1.807, 2.05) is 25.9 Å². The molecule has 0 aliphatic carbocycles. The van der Waals surface area contributed by atoms with E-state index in [9.17, 15) is 13.5 Å². The summed E-state index contributed by atoms with van der Waals surface area (Å²) in [6.07, 6.45) is 4.58. The molecule has 1 N–H and O–H groups in total. The fourth-order valence-corrected chi connectivity index (χ4v) is 5.26. The summed E-state index contributed by atoms with van der Waals surface area (Å²) in [6, 6.07) is 4.49. The van der Waals surface area contributed by atoms with Gasteiger partial charge in [-0.15, -0.1) is 0 Å². The van der Waals surface area contributed by atoms with Crippen molar-refractivity contribution >= 4 is 10.0 Å². The van der Waals surface area contributed by atoms with Crippen molar-refractivity contribution < 1.29 is 18.3 Å². The van der Waals surface area contributed by atoms with Gasteiger partial charge in [-0.1, -0.05) is 13.0 Å². The first kappa shape index (κ1) is 21.6. The van der Waals surface area contributed by atoms with Crippen LogP contribution >= 0.6 is 0 Å². The molecular formula is C20H28N4O4S. The van der Waals surface area contributed by atoms with Crippen LogP contribution in [0.3, 0.4) is 0 Å². The zero-order valence-corrected chi connectivity index (χ0v) is 18.0. The van der Waals surface area contributed by atoms with Crippen LogP contribution in [0.4, 0.5) is 0 Å². The van der Waals surface area contributed by atoms with Crippen LogP contribution in [0, 0.1) is 5.92 Å². The van der Waals surface area contributed by atoms with Crippen LogP contribution in [0.25, 0.3) is 11.1 Å². The summed E-state index contributed by atoms with van der Waals surface area (Å²) in [4.78, 5) is 10.2. The highest BCUT2D eigenvalue weighted by atomic mass is 32.2. The molecule has 3 atom stereocenters. The van der Waals surface area contributed by atoms with Crippen LogP contribution in [-0.4, -0.2) is 78.6 Å². The van der Waals surface area contributed by atoms with Crippen molar-refractivity contribution in [3.8, 4) is 16.9 Å². The lowest BCUT2D eigenvalue weighted by Gasteiger charge is -2.37. The van der Waals surface area contributed by atoms with E-state index in [-0.39, 0.29) is 30.1 Å². The van der Waals surface area contributed by atoms with Gasteiger partial charge in [-0.25, -0.2) is 18.4 Å². The molecule has 0 amide bonds. The van der Waals surface area contributed by atoms with Crippen LogP contribution in [0.15, 0.2) is 41.8 Å². The van der Waals surface area contributed by atoms with Crippen LogP contribution < -0.4 is 4.74 Å². The Morgan fingerprint density at radius 1 is 1.28 bits per heavy atom. The van der Waals surface area contributed by atoms with E-state index in [2.05, 4.69) is 9.97 Å². The van der Waals surface area contributed by atoms with E-state index in [0.717, 1.165) is 11.1 Å². The molecule has 0 spiro atoms. The lowest BCUT2D eigenvalue weighted by Crippen LogP contribution is -2.49. The number of aliphatic hydroxyl groups is 1. The van der Waals surface area contributed by atoms with Gasteiger partial charge in [0, 0.05) is 43.0 Å². The van der Waals surface area contributed by atoms with E-state index in [4.69, 9.17) is 4.74 Å². The number of likely N-dealkylation sites (N-methyl/N-ethyl adjacent to an activating group) is 1. The Bertz CT molecular complexity index is 937. The van der Waals surface area contributed by atoms with E-state index < -0.39 is 16.1 Å². The molecule has 2 aromatic rings. The normalized spacial score (nSPS) is 23.0.